The summed E-state index contributed by atoms with van der Waals surface area (Å²) in [6.45, 7) is 3.71. The molecule has 110 valence electrons. The third-order valence-corrected chi connectivity index (χ3v) is 3.66. The fourth-order valence-electron chi connectivity index (χ4n) is 2.20. The van der Waals surface area contributed by atoms with Gasteiger partial charge in [0.1, 0.15) is 6.04 Å². The second-order valence-electron chi connectivity index (χ2n) is 5.05. The first-order chi connectivity index (χ1) is 10.0. The zero-order valence-corrected chi connectivity index (χ0v) is 12.0. The molecule has 0 aliphatic carbocycles. The molecule has 1 heterocycles. The minimum Gasteiger partial charge on any atom is -0.480 e. The minimum absolute atomic E-state index is 0.139. The van der Waals surface area contributed by atoms with Crippen LogP contribution in [0.3, 0.4) is 0 Å². The lowest BCUT2D eigenvalue weighted by Gasteiger charge is -2.20. The van der Waals surface area contributed by atoms with E-state index in [0.717, 1.165) is 0 Å². The van der Waals surface area contributed by atoms with E-state index >= 15 is 0 Å². The van der Waals surface area contributed by atoms with Gasteiger partial charge in [0.15, 0.2) is 0 Å². The molecule has 2 atom stereocenters. The van der Waals surface area contributed by atoms with Crippen LogP contribution in [0.4, 0.5) is 0 Å². The highest BCUT2D eigenvalue weighted by atomic mass is 16.4. The van der Waals surface area contributed by atoms with Gasteiger partial charge in [-0.3, -0.25) is 9.78 Å². The van der Waals surface area contributed by atoms with Crippen LogP contribution in [0.5, 0.6) is 0 Å². The normalized spacial score (nSPS) is 13.6. The Labute approximate surface area is 123 Å². The van der Waals surface area contributed by atoms with Gasteiger partial charge in [-0.2, -0.15) is 0 Å². The van der Waals surface area contributed by atoms with E-state index in [1.165, 1.54) is 0 Å². The molecule has 5 heteroatoms. The predicted molar refractivity (Wildman–Crippen MR) is 80.1 cm³/mol. The van der Waals surface area contributed by atoms with E-state index in [4.69, 9.17) is 0 Å². The van der Waals surface area contributed by atoms with Gasteiger partial charge in [-0.05, 0) is 18.1 Å². The molecule has 1 aromatic heterocycles. The zero-order valence-electron chi connectivity index (χ0n) is 12.0. The molecule has 0 radical (unpaired) electrons. The van der Waals surface area contributed by atoms with Crippen LogP contribution in [0.25, 0.3) is 10.9 Å². The summed E-state index contributed by atoms with van der Waals surface area (Å²) >= 11 is 0. The second-order valence-corrected chi connectivity index (χ2v) is 5.05. The first-order valence-corrected chi connectivity index (χ1v) is 6.92. The summed E-state index contributed by atoms with van der Waals surface area (Å²) in [5.41, 5.74) is 1.15. The van der Waals surface area contributed by atoms with Gasteiger partial charge in [0.05, 0.1) is 11.1 Å². The Hall–Kier alpha value is -2.43. The molecular weight excluding hydrogens is 268 g/mol. The molecule has 0 unspecified atom stereocenters. The number of hydrogen-bond acceptors (Lipinski definition) is 3. The summed E-state index contributed by atoms with van der Waals surface area (Å²) in [6.07, 6.45) is 2.23. The van der Waals surface area contributed by atoms with Crippen LogP contribution in [0.2, 0.25) is 0 Å². The van der Waals surface area contributed by atoms with E-state index in [1.54, 1.807) is 18.3 Å². The Morgan fingerprint density at radius 1 is 1.29 bits per heavy atom. The first kappa shape index (κ1) is 15.0. The smallest absolute Gasteiger partial charge is 0.326 e. The number of rotatable bonds is 5. The van der Waals surface area contributed by atoms with Crippen molar-refractivity contribution in [1.82, 2.24) is 10.3 Å². The number of benzene rings is 1. The Kier molecular flexibility index (Phi) is 4.52. The van der Waals surface area contributed by atoms with Gasteiger partial charge in [0.2, 0.25) is 0 Å². The molecule has 0 spiro atoms. The third kappa shape index (κ3) is 3.18. The maximum Gasteiger partial charge on any atom is 0.326 e. The van der Waals surface area contributed by atoms with Gasteiger partial charge in [-0.15, -0.1) is 0 Å². The highest BCUT2D eigenvalue weighted by Gasteiger charge is 2.26. The number of carboxylic acids is 1. The molecular formula is C16H18N2O3. The lowest BCUT2D eigenvalue weighted by Crippen LogP contribution is -2.45. The van der Waals surface area contributed by atoms with Crippen molar-refractivity contribution in [1.29, 1.82) is 0 Å². The topological polar surface area (TPSA) is 79.3 Å². The van der Waals surface area contributed by atoms with E-state index in [1.807, 2.05) is 32.0 Å². The maximum absolute atomic E-state index is 12.4. The largest absolute Gasteiger partial charge is 0.480 e. The van der Waals surface area contributed by atoms with Crippen LogP contribution < -0.4 is 5.32 Å². The SMILES string of the molecule is CC[C@@H](C)[C@@H](NC(=O)c1ccnc2ccccc12)C(=O)O. The van der Waals surface area contributed by atoms with E-state index < -0.39 is 12.0 Å². The van der Waals surface area contributed by atoms with Gasteiger partial charge in [0, 0.05) is 11.6 Å². The number of fused-ring (bicyclic) bond motifs is 1. The molecule has 0 bridgehead atoms. The average Bonchev–Trinajstić information content (AvgIpc) is 2.50. The van der Waals surface area contributed by atoms with Crippen molar-refractivity contribution in [3.63, 3.8) is 0 Å². The Morgan fingerprint density at radius 2 is 2.00 bits per heavy atom. The van der Waals surface area contributed by atoms with Crippen molar-refractivity contribution in [2.24, 2.45) is 5.92 Å². The van der Waals surface area contributed by atoms with E-state index in [2.05, 4.69) is 10.3 Å². The lowest BCUT2D eigenvalue weighted by atomic mass is 9.98. The molecule has 0 saturated heterocycles. The van der Waals surface area contributed by atoms with Gasteiger partial charge in [-0.25, -0.2) is 4.79 Å². The molecule has 2 aromatic rings. The molecule has 2 N–H and O–H groups in total. The molecule has 1 aromatic carbocycles. The average molecular weight is 286 g/mol. The molecule has 0 saturated carbocycles. The van der Waals surface area contributed by atoms with E-state index in [0.29, 0.717) is 22.9 Å². The van der Waals surface area contributed by atoms with Crippen molar-refractivity contribution in [3.8, 4) is 0 Å². The number of carbonyl (C=O) groups excluding carboxylic acids is 1. The number of hydrogen-bond donors (Lipinski definition) is 2. The monoisotopic (exact) mass is 286 g/mol. The van der Waals surface area contributed by atoms with Gasteiger partial charge in [-0.1, -0.05) is 38.5 Å². The second kappa shape index (κ2) is 6.35. The maximum atomic E-state index is 12.4. The highest BCUT2D eigenvalue weighted by molar-refractivity contribution is 6.06. The lowest BCUT2D eigenvalue weighted by molar-refractivity contribution is -0.140. The zero-order chi connectivity index (χ0) is 15.4. The summed E-state index contributed by atoms with van der Waals surface area (Å²) in [6, 6.07) is 7.99. The number of aliphatic carboxylic acids is 1. The number of para-hydroxylation sites is 1. The Balaban J connectivity index is 2.32. The van der Waals surface area contributed by atoms with Crippen LogP contribution in [-0.4, -0.2) is 28.0 Å². The predicted octanol–water partition coefficient (Wildman–Crippen LogP) is 2.46. The van der Waals surface area contributed by atoms with Gasteiger partial charge < -0.3 is 10.4 Å². The summed E-state index contributed by atoms with van der Waals surface area (Å²) in [5, 5.41) is 12.6. The molecule has 21 heavy (non-hydrogen) atoms. The van der Waals surface area contributed by atoms with Crippen molar-refractivity contribution >= 4 is 22.8 Å². The number of nitrogens with zero attached hydrogens (tertiary/aromatic N) is 1. The van der Waals surface area contributed by atoms with Crippen molar-refractivity contribution < 1.29 is 14.7 Å². The molecule has 5 nitrogen and oxygen atoms in total. The van der Waals surface area contributed by atoms with Crippen molar-refractivity contribution in [2.45, 2.75) is 26.3 Å². The molecule has 1 amide bonds. The van der Waals surface area contributed by atoms with Gasteiger partial charge >= 0.3 is 5.97 Å². The molecule has 0 aliphatic heterocycles. The Morgan fingerprint density at radius 3 is 2.67 bits per heavy atom. The minimum atomic E-state index is -1.02. The molecule has 0 fully saturated rings. The van der Waals surface area contributed by atoms with Crippen molar-refractivity contribution in [3.05, 3.63) is 42.1 Å². The van der Waals surface area contributed by atoms with Crippen LogP contribution in [0, 0.1) is 5.92 Å². The fourth-order valence-corrected chi connectivity index (χ4v) is 2.20. The molecule has 0 aliphatic rings. The number of pyridine rings is 1. The summed E-state index contributed by atoms with van der Waals surface area (Å²) in [7, 11) is 0. The summed E-state index contributed by atoms with van der Waals surface area (Å²) in [4.78, 5) is 27.9. The number of nitrogens with one attached hydrogen (secondary N) is 1. The molecule has 2 rings (SSSR count). The first-order valence-electron chi connectivity index (χ1n) is 6.92. The Bertz CT molecular complexity index is 664. The van der Waals surface area contributed by atoms with Crippen LogP contribution in [0.15, 0.2) is 36.5 Å². The number of carboxylic acid groups (broad SMARTS) is 1. The standard InChI is InChI=1S/C16H18N2O3/c1-3-10(2)14(16(20)21)18-15(19)12-8-9-17-13-7-5-4-6-11(12)13/h4-10,14H,3H2,1-2H3,(H,18,19)(H,20,21)/t10-,14-/m1/s1. The van der Waals surface area contributed by atoms with Gasteiger partial charge in [0.25, 0.3) is 5.91 Å². The van der Waals surface area contributed by atoms with E-state index in [9.17, 15) is 14.7 Å². The van der Waals surface area contributed by atoms with E-state index in [-0.39, 0.29) is 11.8 Å². The van der Waals surface area contributed by atoms with Crippen LogP contribution in [0.1, 0.15) is 30.6 Å². The number of carbonyl (C=O) groups is 2. The van der Waals surface area contributed by atoms with Crippen LogP contribution >= 0.6 is 0 Å². The number of aromatic nitrogens is 1. The van der Waals surface area contributed by atoms with Crippen LogP contribution in [-0.2, 0) is 4.79 Å². The quantitative estimate of drug-likeness (QED) is 0.885. The number of amides is 1. The van der Waals surface area contributed by atoms with Crippen molar-refractivity contribution in [2.75, 3.05) is 0 Å². The fraction of sp³-hybridized carbons (Fsp3) is 0.312. The highest BCUT2D eigenvalue weighted by Crippen LogP contribution is 2.17. The summed E-state index contributed by atoms with van der Waals surface area (Å²) < 4.78 is 0. The summed E-state index contributed by atoms with van der Waals surface area (Å²) in [5.74, 6) is -1.54. The third-order valence-electron chi connectivity index (χ3n) is 3.66.